The highest BCUT2D eigenvalue weighted by atomic mass is 16.6. The number of aliphatic hydroxyl groups excluding tert-OH is 9. The van der Waals surface area contributed by atoms with Crippen LogP contribution in [0.5, 0.6) is 0 Å². The average Bonchev–Trinajstić information content (AvgIpc) is 0.945. The van der Waals surface area contributed by atoms with Gasteiger partial charge in [0.05, 0.1) is 116 Å². The molecule has 3 rings (SSSR count). The Labute approximate surface area is 538 Å². The molecule has 3 aliphatic heterocycles. The molecular formula is C58H110N10O24. The number of aliphatic hydroxyl groups is 9. The van der Waals surface area contributed by atoms with Crippen molar-refractivity contribution >= 4 is 35.8 Å². The number of urea groups is 3. The number of nitrogens with one attached hydrogen (secondary N) is 9. The Morgan fingerprint density at radius 3 is 0.826 bits per heavy atom. The van der Waals surface area contributed by atoms with Crippen LogP contribution in [-0.2, 0) is 57.0 Å². The molecule has 92 heavy (non-hydrogen) atoms. The smallest absolute Gasteiger partial charge is 0.314 e. The van der Waals surface area contributed by atoms with Gasteiger partial charge in [0.1, 0.15) is 54.9 Å². The Morgan fingerprint density at radius 2 is 0.587 bits per heavy atom. The van der Waals surface area contributed by atoms with Crippen LogP contribution in [0.3, 0.4) is 0 Å². The SMILES string of the molecule is CC(=O)N[C@@H]1[C@@H](O)[C@@H](O)[C@@H](CO)O[C@@H]1CCCOCCOCCNC(=O)NCCCC(N)(CCCNC(=O)NCCOCCOCCC[C@H]1O[C@H](CO)[C@H](O)[C@H](O)[C@H]1NC(C)=O)CCCNC(=O)NCCOCCOCCC[C@H]1O[C@H](CO)[C@H](O)[C@H](O)[C@H]1NC(C)=O. The van der Waals surface area contributed by atoms with Gasteiger partial charge in [-0.05, 0) is 77.0 Å². The van der Waals surface area contributed by atoms with Gasteiger partial charge in [0.2, 0.25) is 17.7 Å². The van der Waals surface area contributed by atoms with Crippen molar-refractivity contribution in [2.75, 3.05) is 138 Å². The molecule has 3 fully saturated rings. The molecule has 536 valence electrons. The van der Waals surface area contributed by atoms with E-state index in [1.807, 2.05) is 0 Å². The third kappa shape index (κ3) is 32.7. The zero-order chi connectivity index (χ0) is 67.7. The van der Waals surface area contributed by atoms with Gasteiger partial charge >= 0.3 is 18.1 Å². The minimum absolute atomic E-state index is 0.228. The van der Waals surface area contributed by atoms with Crippen LogP contribution in [0.4, 0.5) is 14.4 Å². The molecule has 0 aromatic rings. The fraction of sp³-hybridized carbons (Fsp3) is 0.897. The van der Waals surface area contributed by atoms with Gasteiger partial charge in [0.15, 0.2) is 0 Å². The van der Waals surface area contributed by atoms with Gasteiger partial charge in [-0.25, -0.2) is 14.4 Å². The predicted octanol–water partition coefficient (Wildman–Crippen LogP) is -5.68. The van der Waals surface area contributed by atoms with Gasteiger partial charge in [0.25, 0.3) is 0 Å². The van der Waals surface area contributed by atoms with Crippen molar-refractivity contribution < 1.29 is 117 Å². The first-order valence-electron chi connectivity index (χ1n) is 32.1. The van der Waals surface area contributed by atoms with Crippen LogP contribution in [0.1, 0.15) is 97.8 Å². The fourth-order valence-corrected chi connectivity index (χ4v) is 10.9. The first kappa shape index (κ1) is 81.7. The summed E-state index contributed by atoms with van der Waals surface area (Å²) in [6.45, 7) is 7.38. The zero-order valence-electron chi connectivity index (χ0n) is 53.7. The Kier molecular flexibility index (Phi) is 42.1. The summed E-state index contributed by atoms with van der Waals surface area (Å²) in [6, 6.07) is -3.70. The summed E-state index contributed by atoms with van der Waals surface area (Å²) >= 11 is 0. The van der Waals surface area contributed by atoms with E-state index in [1.54, 1.807) is 0 Å². The molecule has 34 nitrogen and oxygen atoms in total. The standard InChI is InChI=1S/C58H110N10O24/c1-37(72)66-46-40(90-43(34-69)49(75)52(46)78)10-4-22-84-28-31-87-25-19-63-55(81)60-16-7-13-58(59,14-8-17-61-56(82)64-20-26-88-32-29-85-23-5-11-41-47(67-38(2)73)53(79)50(76)44(35-70)91-41)15-9-18-62-57(83)65-21-27-89-33-30-86-24-6-12-42-48(68-39(3)74)54(80)51(77)45(36-71)92-42/h40-54,69-71,75-80H,4-36,59H2,1-3H3,(H,66,72)(H,67,73)(H,68,74)(H2,60,63,81)(H2,61,64,82)(H2,62,65,83)/t40-,41-,42-,43-,44-,45-,46+,47+,48+,49+,50+,51+,52-,53-,54-/m1/s1. The molecule has 0 radical (unpaired) electrons. The first-order valence-corrected chi connectivity index (χ1v) is 32.1. The van der Waals surface area contributed by atoms with Crippen molar-refractivity contribution in [3.63, 3.8) is 0 Å². The maximum atomic E-state index is 12.6. The second-order valence-electron chi connectivity index (χ2n) is 23.1. The summed E-state index contributed by atoms with van der Waals surface area (Å²) in [5.74, 6) is -1.18. The highest BCUT2D eigenvalue weighted by Crippen LogP contribution is 2.28. The van der Waals surface area contributed by atoms with Crippen LogP contribution >= 0.6 is 0 Å². The van der Waals surface area contributed by atoms with Crippen LogP contribution in [0.25, 0.3) is 0 Å². The summed E-state index contributed by atoms with van der Waals surface area (Å²) in [7, 11) is 0. The van der Waals surface area contributed by atoms with Gasteiger partial charge in [0, 0.05) is 85.4 Å². The molecule has 34 heteroatoms. The highest BCUT2D eigenvalue weighted by Gasteiger charge is 2.47. The Morgan fingerprint density at radius 1 is 0.348 bits per heavy atom. The fourth-order valence-electron chi connectivity index (χ4n) is 10.9. The Hall–Kier alpha value is -4.54. The number of hydrogen-bond donors (Lipinski definition) is 19. The molecule has 0 aromatic heterocycles. The van der Waals surface area contributed by atoms with Crippen molar-refractivity contribution in [2.24, 2.45) is 5.73 Å². The molecule has 0 spiro atoms. The number of carbonyl (C=O) groups excluding carboxylic acids is 6. The maximum absolute atomic E-state index is 12.6. The molecule has 20 N–H and O–H groups in total. The lowest BCUT2D eigenvalue weighted by Gasteiger charge is -2.42. The molecule has 0 bridgehead atoms. The van der Waals surface area contributed by atoms with Crippen LogP contribution < -0.4 is 53.6 Å². The van der Waals surface area contributed by atoms with Crippen molar-refractivity contribution in [2.45, 2.75) is 195 Å². The third-order valence-electron chi connectivity index (χ3n) is 15.7. The van der Waals surface area contributed by atoms with Crippen molar-refractivity contribution in [1.29, 1.82) is 0 Å². The lowest BCUT2D eigenvalue weighted by Crippen LogP contribution is -2.63. The summed E-state index contributed by atoms with van der Waals surface area (Å²) < 4.78 is 50.8. The van der Waals surface area contributed by atoms with E-state index < -0.39 is 134 Å². The summed E-state index contributed by atoms with van der Waals surface area (Å²) in [6.07, 6.45) is -6.94. The maximum Gasteiger partial charge on any atom is 0.314 e. The largest absolute Gasteiger partial charge is 0.394 e. The molecule has 0 aromatic carbocycles. The van der Waals surface area contributed by atoms with Crippen LogP contribution in [0, 0.1) is 0 Å². The number of nitrogens with two attached hydrogens (primary N) is 1. The van der Waals surface area contributed by atoms with Gasteiger partial charge < -0.3 is 142 Å². The van der Waals surface area contributed by atoms with Gasteiger partial charge in [-0.15, -0.1) is 0 Å². The van der Waals surface area contributed by atoms with E-state index in [0.29, 0.717) is 117 Å². The summed E-state index contributed by atoms with van der Waals surface area (Å²) in [5, 5.41) is 115. The van der Waals surface area contributed by atoms with E-state index in [0.717, 1.165) is 0 Å². The van der Waals surface area contributed by atoms with Crippen molar-refractivity contribution in [1.82, 2.24) is 47.9 Å². The number of hydrogen-bond acceptors (Lipinski definition) is 25. The normalized spacial score (nSPS) is 26.5. The second-order valence-corrected chi connectivity index (χ2v) is 23.1. The number of amides is 9. The zero-order valence-corrected chi connectivity index (χ0v) is 53.7. The minimum Gasteiger partial charge on any atom is -0.394 e. The number of carbonyl (C=O) groups is 6. The van der Waals surface area contributed by atoms with E-state index in [9.17, 15) is 74.7 Å². The molecule has 3 aliphatic rings. The monoisotopic (exact) mass is 1330 g/mol. The van der Waals surface area contributed by atoms with Gasteiger partial charge in [-0.1, -0.05) is 0 Å². The molecule has 0 unspecified atom stereocenters. The van der Waals surface area contributed by atoms with E-state index >= 15 is 0 Å². The summed E-state index contributed by atoms with van der Waals surface area (Å²) in [5.41, 5.74) is 6.27. The molecule has 3 heterocycles. The highest BCUT2D eigenvalue weighted by molar-refractivity contribution is 5.75. The van der Waals surface area contributed by atoms with E-state index in [-0.39, 0.29) is 97.2 Å². The van der Waals surface area contributed by atoms with Crippen molar-refractivity contribution in [3.8, 4) is 0 Å². The molecule has 9 amide bonds. The second kappa shape index (κ2) is 47.4. The van der Waals surface area contributed by atoms with Gasteiger partial charge in [-0.2, -0.15) is 0 Å². The predicted molar refractivity (Wildman–Crippen MR) is 328 cm³/mol. The number of rotatable bonds is 48. The van der Waals surface area contributed by atoms with E-state index in [2.05, 4.69) is 47.9 Å². The minimum atomic E-state index is -1.35. The quantitative estimate of drug-likeness (QED) is 0.0253. The third-order valence-corrected chi connectivity index (χ3v) is 15.7. The van der Waals surface area contributed by atoms with Crippen LogP contribution in [0.2, 0.25) is 0 Å². The van der Waals surface area contributed by atoms with Crippen LogP contribution in [0.15, 0.2) is 0 Å². The van der Waals surface area contributed by atoms with Crippen molar-refractivity contribution in [3.05, 3.63) is 0 Å². The molecule has 0 saturated carbocycles. The molecule has 15 atom stereocenters. The number of ether oxygens (including phenoxy) is 9. The van der Waals surface area contributed by atoms with E-state index in [4.69, 9.17) is 48.4 Å². The lowest BCUT2D eigenvalue weighted by molar-refractivity contribution is -0.197. The molecule has 3 saturated heterocycles. The Bertz CT molecular complexity index is 1840. The lowest BCUT2D eigenvalue weighted by atomic mass is 9.85. The molecule has 0 aliphatic carbocycles. The topological polar surface area (TPSA) is 502 Å². The van der Waals surface area contributed by atoms with E-state index in [1.165, 1.54) is 20.8 Å². The Balaban J connectivity index is 1.31. The molecular weight excluding hydrogens is 1220 g/mol. The average molecular weight is 1330 g/mol. The summed E-state index contributed by atoms with van der Waals surface area (Å²) in [4.78, 5) is 72.8. The van der Waals surface area contributed by atoms with Crippen LogP contribution in [-0.4, -0.2) is 317 Å². The first-order chi connectivity index (χ1) is 44.1. The van der Waals surface area contributed by atoms with Gasteiger partial charge in [-0.3, -0.25) is 14.4 Å².